The predicted octanol–water partition coefficient (Wildman–Crippen LogP) is 3.34. The minimum absolute atomic E-state index is 0.736. The van der Waals surface area contributed by atoms with Gasteiger partial charge in [-0.05, 0) is 36.6 Å². The van der Waals surface area contributed by atoms with E-state index in [0.29, 0.717) is 0 Å². The lowest BCUT2D eigenvalue weighted by Gasteiger charge is -2.23. The first-order chi connectivity index (χ1) is 12.7. The molecule has 26 heavy (non-hydrogen) atoms. The molecule has 0 radical (unpaired) electrons. The second kappa shape index (κ2) is 10.3. The summed E-state index contributed by atoms with van der Waals surface area (Å²) in [6.07, 6.45) is 2.02. The molecule has 0 aliphatic heterocycles. The summed E-state index contributed by atoms with van der Waals surface area (Å²) in [5.41, 5.74) is 2.42. The van der Waals surface area contributed by atoms with Crippen LogP contribution in [0.3, 0.4) is 0 Å². The van der Waals surface area contributed by atoms with Gasteiger partial charge < -0.3 is 19.7 Å². The molecule has 0 heterocycles. The van der Waals surface area contributed by atoms with Crippen LogP contribution in [0.2, 0.25) is 0 Å². The Bertz CT molecular complexity index is 716. The highest BCUT2D eigenvalue weighted by molar-refractivity contribution is 5.79. The molecule has 2 aromatic carbocycles. The van der Waals surface area contributed by atoms with Gasteiger partial charge >= 0.3 is 0 Å². The van der Waals surface area contributed by atoms with Crippen LogP contribution >= 0.6 is 0 Å². The van der Waals surface area contributed by atoms with Gasteiger partial charge in [-0.2, -0.15) is 0 Å². The maximum atomic E-state index is 5.43. The molecule has 5 heteroatoms. The van der Waals surface area contributed by atoms with Crippen LogP contribution in [0.15, 0.2) is 53.5 Å². The van der Waals surface area contributed by atoms with E-state index < -0.39 is 0 Å². The fraction of sp³-hybridized carbons (Fsp3) is 0.381. The van der Waals surface area contributed by atoms with Crippen molar-refractivity contribution in [2.24, 2.45) is 4.99 Å². The number of hydrogen-bond acceptors (Lipinski definition) is 3. The average Bonchev–Trinajstić information content (AvgIpc) is 2.68. The fourth-order valence-corrected chi connectivity index (χ4v) is 2.87. The first-order valence-electron chi connectivity index (χ1n) is 8.84. The maximum absolute atomic E-state index is 5.43. The SMILES string of the molecule is CN=C(NCCCc1cccc(OC)c1)N(C)Cc1ccccc1OC. The zero-order valence-electron chi connectivity index (χ0n) is 16.2. The van der Waals surface area contributed by atoms with Gasteiger partial charge in [0.2, 0.25) is 0 Å². The van der Waals surface area contributed by atoms with Gasteiger partial charge in [-0.1, -0.05) is 30.3 Å². The molecule has 0 aliphatic carbocycles. The minimum Gasteiger partial charge on any atom is -0.497 e. The van der Waals surface area contributed by atoms with Gasteiger partial charge in [0.25, 0.3) is 0 Å². The molecule has 0 spiro atoms. The van der Waals surface area contributed by atoms with Crippen LogP contribution in [-0.4, -0.2) is 45.7 Å². The van der Waals surface area contributed by atoms with E-state index in [1.165, 1.54) is 5.56 Å². The number of rotatable bonds is 8. The highest BCUT2D eigenvalue weighted by Crippen LogP contribution is 2.18. The first-order valence-corrected chi connectivity index (χ1v) is 8.84. The molecular formula is C21H29N3O2. The summed E-state index contributed by atoms with van der Waals surface area (Å²) in [5.74, 6) is 2.68. The summed E-state index contributed by atoms with van der Waals surface area (Å²) in [5, 5.41) is 3.43. The van der Waals surface area contributed by atoms with Gasteiger partial charge in [0.05, 0.1) is 14.2 Å². The highest BCUT2D eigenvalue weighted by Gasteiger charge is 2.09. The van der Waals surface area contributed by atoms with Crippen LogP contribution in [0.1, 0.15) is 17.5 Å². The molecule has 0 amide bonds. The Morgan fingerprint density at radius 3 is 2.62 bits per heavy atom. The zero-order valence-corrected chi connectivity index (χ0v) is 16.2. The Morgan fingerprint density at radius 1 is 1.08 bits per heavy atom. The summed E-state index contributed by atoms with van der Waals surface area (Å²) in [4.78, 5) is 6.48. The molecular weight excluding hydrogens is 326 g/mol. The smallest absolute Gasteiger partial charge is 0.193 e. The number of methoxy groups -OCH3 is 2. The zero-order chi connectivity index (χ0) is 18.8. The number of nitrogens with zero attached hydrogens (tertiary/aromatic N) is 2. The van der Waals surface area contributed by atoms with E-state index in [4.69, 9.17) is 9.47 Å². The van der Waals surface area contributed by atoms with Gasteiger partial charge in [-0.25, -0.2) is 0 Å². The molecule has 2 aromatic rings. The Balaban J connectivity index is 1.83. The van der Waals surface area contributed by atoms with Crippen molar-refractivity contribution in [1.29, 1.82) is 0 Å². The van der Waals surface area contributed by atoms with Crippen LogP contribution in [0.5, 0.6) is 11.5 Å². The van der Waals surface area contributed by atoms with Crippen LogP contribution in [0, 0.1) is 0 Å². The van der Waals surface area contributed by atoms with Crippen molar-refractivity contribution >= 4 is 5.96 Å². The van der Waals surface area contributed by atoms with Crippen LogP contribution in [-0.2, 0) is 13.0 Å². The van der Waals surface area contributed by atoms with E-state index in [1.54, 1.807) is 14.2 Å². The number of hydrogen-bond donors (Lipinski definition) is 1. The standard InChI is InChI=1S/C21H29N3O2/c1-22-21(24(2)16-18-11-5-6-13-20(18)26-4)23-14-8-10-17-9-7-12-19(15-17)25-3/h5-7,9,11-13,15H,8,10,14,16H2,1-4H3,(H,22,23). The maximum Gasteiger partial charge on any atom is 0.193 e. The Morgan fingerprint density at radius 2 is 1.88 bits per heavy atom. The van der Waals surface area contributed by atoms with Crippen molar-refractivity contribution in [1.82, 2.24) is 10.2 Å². The van der Waals surface area contributed by atoms with Crippen LogP contribution in [0.4, 0.5) is 0 Å². The molecule has 0 fully saturated rings. The van der Waals surface area contributed by atoms with E-state index in [0.717, 1.165) is 49.0 Å². The van der Waals surface area contributed by atoms with Crippen molar-refractivity contribution < 1.29 is 9.47 Å². The largest absolute Gasteiger partial charge is 0.497 e. The van der Waals surface area contributed by atoms with Crippen molar-refractivity contribution in [3.63, 3.8) is 0 Å². The lowest BCUT2D eigenvalue weighted by atomic mass is 10.1. The normalized spacial score (nSPS) is 11.2. The van der Waals surface area contributed by atoms with E-state index in [9.17, 15) is 0 Å². The van der Waals surface area contributed by atoms with Crippen molar-refractivity contribution in [3.8, 4) is 11.5 Å². The predicted molar refractivity (Wildman–Crippen MR) is 107 cm³/mol. The van der Waals surface area contributed by atoms with Crippen molar-refractivity contribution in [3.05, 3.63) is 59.7 Å². The Hall–Kier alpha value is -2.69. The topological polar surface area (TPSA) is 46.1 Å². The Labute approximate surface area is 156 Å². The van der Waals surface area contributed by atoms with Gasteiger partial charge in [-0.15, -0.1) is 0 Å². The number of benzene rings is 2. The average molecular weight is 355 g/mol. The lowest BCUT2D eigenvalue weighted by Crippen LogP contribution is -2.39. The molecule has 0 aliphatic rings. The van der Waals surface area contributed by atoms with Gasteiger partial charge in [0.15, 0.2) is 5.96 Å². The van der Waals surface area contributed by atoms with Crippen LogP contribution in [0.25, 0.3) is 0 Å². The molecule has 140 valence electrons. The third-order valence-electron chi connectivity index (χ3n) is 4.23. The monoisotopic (exact) mass is 355 g/mol. The first kappa shape index (κ1) is 19.6. The second-order valence-electron chi connectivity index (χ2n) is 6.10. The number of ether oxygens (including phenoxy) is 2. The number of guanidine groups is 1. The molecule has 0 atom stereocenters. The summed E-state index contributed by atoms with van der Waals surface area (Å²) >= 11 is 0. The third kappa shape index (κ3) is 5.69. The quantitative estimate of drug-likeness (QED) is 0.448. The van der Waals surface area contributed by atoms with Crippen molar-refractivity contribution in [2.75, 3.05) is 34.9 Å². The van der Waals surface area contributed by atoms with E-state index in [2.05, 4.69) is 33.4 Å². The highest BCUT2D eigenvalue weighted by atomic mass is 16.5. The number of para-hydroxylation sites is 1. The van der Waals surface area contributed by atoms with E-state index in [-0.39, 0.29) is 0 Å². The molecule has 0 saturated carbocycles. The number of nitrogens with one attached hydrogen (secondary N) is 1. The van der Waals surface area contributed by atoms with E-state index in [1.807, 2.05) is 44.4 Å². The molecule has 5 nitrogen and oxygen atoms in total. The Kier molecular flexibility index (Phi) is 7.80. The minimum atomic E-state index is 0.736. The molecule has 0 aromatic heterocycles. The molecule has 0 unspecified atom stereocenters. The lowest BCUT2D eigenvalue weighted by molar-refractivity contribution is 0.396. The van der Waals surface area contributed by atoms with Crippen molar-refractivity contribution in [2.45, 2.75) is 19.4 Å². The van der Waals surface area contributed by atoms with Gasteiger partial charge in [-0.3, -0.25) is 4.99 Å². The van der Waals surface area contributed by atoms with Gasteiger partial charge in [0.1, 0.15) is 11.5 Å². The summed E-state index contributed by atoms with van der Waals surface area (Å²) in [6, 6.07) is 16.3. The fourth-order valence-electron chi connectivity index (χ4n) is 2.87. The number of aliphatic imine (C=N–C) groups is 1. The van der Waals surface area contributed by atoms with E-state index >= 15 is 0 Å². The molecule has 0 saturated heterocycles. The molecule has 0 bridgehead atoms. The summed E-state index contributed by atoms with van der Waals surface area (Å²) in [6.45, 7) is 1.60. The second-order valence-corrected chi connectivity index (χ2v) is 6.10. The molecule has 2 rings (SSSR count). The number of aryl methyl sites for hydroxylation is 1. The summed E-state index contributed by atoms with van der Waals surface area (Å²) in [7, 11) is 7.24. The van der Waals surface area contributed by atoms with Crippen LogP contribution < -0.4 is 14.8 Å². The molecule has 1 N–H and O–H groups in total. The van der Waals surface area contributed by atoms with Gasteiger partial charge in [0, 0.05) is 32.7 Å². The third-order valence-corrected chi connectivity index (χ3v) is 4.23. The summed E-state index contributed by atoms with van der Waals surface area (Å²) < 4.78 is 10.7.